The molecule has 2 rings (SSSR count). The van der Waals surface area contributed by atoms with E-state index < -0.39 is 5.60 Å². The van der Waals surface area contributed by atoms with Gasteiger partial charge in [0.1, 0.15) is 5.60 Å². The minimum absolute atomic E-state index is 0.246. The summed E-state index contributed by atoms with van der Waals surface area (Å²) in [6, 6.07) is 10.2. The SMILES string of the molecule is CC(C)(C)OC(=O)NC1(c2ccccc2)CCCC1. The molecule has 0 spiro atoms. The molecule has 1 aliphatic rings. The lowest BCUT2D eigenvalue weighted by Crippen LogP contribution is -2.46. The van der Waals surface area contributed by atoms with Crippen molar-refractivity contribution < 1.29 is 9.53 Å². The van der Waals surface area contributed by atoms with Crippen LogP contribution in [0.15, 0.2) is 30.3 Å². The second-order valence-corrected chi connectivity index (χ2v) is 6.28. The van der Waals surface area contributed by atoms with Crippen LogP contribution in [0.1, 0.15) is 52.0 Å². The van der Waals surface area contributed by atoms with Crippen molar-refractivity contribution in [3.63, 3.8) is 0 Å². The molecule has 104 valence electrons. The number of hydrogen-bond donors (Lipinski definition) is 1. The van der Waals surface area contributed by atoms with Crippen LogP contribution in [-0.4, -0.2) is 11.7 Å². The molecule has 0 heterocycles. The lowest BCUT2D eigenvalue weighted by Gasteiger charge is -2.32. The summed E-state index contributed by atoms with van der Waals surface area (Å²) in [6.07, 6.45) is 3.93. The Bertz CT molecular complexity index is 428. The molecule has 1 aromatic carbocycles. The normalized spacial score (nSPS) is 18.1. The predicted molar refractivity (Wildman–Crippen MR) is 76.0 cm³/mol. The van der Waals surface area contributed by atoms with Gasteiger partial charge in [-0.05, 0) is 39.2 Å². The number of rotatable bonds is 2. The number of carbonyl (C=O) groups is 1. The van der Waals surface area contributed by atoms with E-state index in [1.807, 2.05) is 39.0 Å². The van der Waals surface area contributed by atoms with Crippen LogP contribution in [0.2, 0.25) is 0 Å². The van der Waals surface area contributed by atoms with Crippen LogP contribution in [0.25, 0.3) is 0 Å². The highest BCUT2D eigenvalue weighted by atomic mass is 16.6. The molecule has 0 unspecified atom stereocenters. The second-order valence-electron chi connectivity index (χ2n) is 6.28. The number of amides is 1. The van der Waals surface area contributed by atoms with Gasteiger partial charge in [-0.2, -0.15) is 0 Å². The van der Waals surface area contributed by atoms with Gasteiger partial charge < -0.3 is 10.1 Å². The van der Waals surface area contributed by atoms with Crippen LogP contribution in [0.4, 0.5) is 4.79 Å². The molecule has 1 aliphatic carbocycles. The fraction of sp³-hybridized carbons (Fsp3) is 0.562. The first-order valence-corrected chi connectivity index (χ1v) is 6.98. The number of ether oxygens (including phenoxy) is 1. The molecule has 0 radical (unpaired) electrons. The molecular formula is C16H23NO2. The van der Waals surface area contributed by atoms with Gasteiger partial charge in [0.2, 0.25) is 0 Å². The van der Waals surface area contributed by atoms with E-state index in [1.54, 1.807) is 0 Å². The maximum absolute atomic E-state index is 12.1. The molecule has 3 nitrogen and oxygen atoms in total. The molecule has 1 fully saturated rings. The molecule has 0 aromatic heterocycles. The number of nitrogens with one attached hydrogen (secondary N) is 1. The molecular weight excluding hydrogens is 238 g/mol. The zero-order chi connectivity index (χ0) is 13.9. The highest BCUT2D eigenvalue weighted by molar-refractivity contribution is 5.69. The minimum atomic E-state index is -0.458. The Kier molecular flexibility index (Phi) is 3.83. The highest BCUT2D eigenvalue weighted by Crippen LogP contribution is 2.38. The van der Waals surface area contributed by atoms with E-state index in [9.17, 15) is 4.79 Å². The van der Waals surface area contributed by atoms with E-state index in [0.29, 0.717) is 0 Å². The molecule has 0 saturated heterocycles. The number of alkyl carbamates (subject to hydrolysis) is 1. The second kappa shape index (κ2) is 5.24. The average molecular weight is 261 g/mol. The summed E-state index contributed by atoms with van der Waals surface area (Å²) in [5.41, 5.74) is 0.475. The first-order valence-electron chi connectivity index (χ1n) is 6.98. The van der Waals surface area contributed by atoms with E-state index in [2.05, 4.69) is 17.4 Å². The van der Waals surface area contributed by atoms with Gasteiger partial charge in [-0.3, -0.25) is 0 Å². The highest BCUT2D eigenvalue weighted by Gasteiger charge is 2.38. The van der Waals surface area contributed by atoms with Crippen LogP contribution in [-0.2, 0) is 10.3 Å². The van der Waals surface area contributed by atoms with Gasteiger partial charge in [0.25, 0.3) is 0 Å². The van der Waals surface area contributed by atoms with E-state index in [4.69, 9.17) is 4.74 Å². The Balaban J connectivity index is 2.15. The Morgan fingerprint density at radius 3 is 2.26 bits per heavy atom. The van der Waals surface area contributed by atoms with Crippen LogP contribution in [0, 0.1) is 0 Å². The van der Waals surface area contributed by atoms with Crippen LogP contribution in [0.5, 0.6) is 0 Å². The molecule has 1 aromatic rings. The van der Waals surface area contributed by atoms with Crippen molar-refractivity contribution in [3.8, 4) is 0 Å². The van der Waals surface area contributed by atoms with Crippen LogP contribution >= 0.6 is 0 Å². The van der Waals surface area contributed by atoms with Gasteiger partial charge in [0.05, 0.1) is 5.54 Å². The molecule has 0 bridgehead atoms. The maximum atomic E-state index is 12.1. The van der Waals surface area contributed by atoms with Gasteiger partial charge in [-0.1, -0.05) is 43.2 Å². The minimum Gasteiger partial charge on any atom is -0.444 e. The molecule has 3 heteroatoms. The molecule has 19 heavy (non-hydrogen) atoms. The Labute approximate surface area is 115 Å². The van der Waals surface area contributed by atoms with Crippen molar-refractivity contribution in [1.82, 2.24) is 5.32 Å². The quantitative estimate of drug-likeness (QED) is 0.874. The van der Waals surface area contributed by atoms with E-state index in [1.165, 1.54) is 5.56 Å². The van der Waals surface area contributed by atoms with Gasteiger partial charge in [-0.15, -0.1) is 0 Å². The van der Waals surface area contributed by atoms with Crippen molar-refractivity contribution in [2.24, 2.45) is 0 Å². The molecule has 0 aliphatic heterocycles. The molecule has 1 saturated carbocycles. The van der Waals surface area contributed by atoms with Crippen molar-refractivity contribution in [3.05, 3.63) is 35.9 Å². The maximum Gasteiger partial charge on any atom is 0.408 e. The summed E-state index contributed by atoms with van der Waals surface area (Å²) in [5.74, 6) is 0. The monoisotopic (exact) mass is 261 g/mol. The Hall–Kier alpha value is -1.51. The van der Waals surface area contributed by atoms with Gasteiger partial charge in [-0.25, -0.2) is 4.79 Å². The lowest BCUT2D eigenvalue weighted by atomic mass is 9.88. The molecule has 1 N–H and O–H groups in total. The summed E-state index contributed by atoms with van der Waals surface area (Å²) >= 11 is 0. The van der Waals surface area contributed by atoms with E-state index in [0.717, 1.165) is 25.7 Å². The average Bonchev–Trinajstić information content (AvgIpc) is 2.77. The zero-order valence-electron chi connectivity index (χ0n) is 12.0. The van der Waals surface area contributed by atoms with Crippen LogP contribution in [0.3, 0.4) is 0 Å². The Morgan fingerprint density at radius 2 is 1.74 bits per heavy atom. The van der Waals surface area contributed by atoms with E-state index in [-0.39, 0.29) is 11.6 Å². The largest absolute Gasteiger partial charge is 0.444 e. The third-order valence-electron chi connectivity index (χ3n) is 3.52. The fourth-order valence-electron chi connectivity index (χ4n) is 2.72. The summed E-state index contributed by atoms with van der Waals surface area (Å²) in [6.45, 7) is 5.66. The van der Waals surface area contributed by atoms with Crippen molar-refractivity contribution in [1.29, 1.82) is 0 Å². The van der Waals surface area contributed by atoms with E-state index >= 15 is 0 Å². The lowest BCUT2D eigenvalue weighted by molar-refractivity contribution is 0.0453. The van der Waals surface area contributed by atoms with Gasteiger partial charge in [0, 0.05) is 0 Å². The third-order valence-corrected chi connectivity index (χ3v) is 3.52. The van der Waals surface area contributed by atoms with Crippen LogP contribution < -0.4 is 5.32 Å². The number of hydrogen-bond acceptors (Lipinski definition) is 2. The molecule has 0 atom stereocenters. The topological polar surface area (TPSA) is 38.3 Å². The van der Waals surface area contributed by atoms with Crippen molar-refractivity contribution >= 4 is 6.09 Å². The van der Waals surface area contributed by atoms with Crippen molar-refractivity contribution in [2.75, 3.05) is 0 Å². The summed E-state index contributed by atoms with van der Waals surface area (Å²) in [5, 5.41) is 3.10. The first kappa shape index (κ1) is 13.9. The fourth-order valence-corrected chi connectivity index (χ4v) is 2.72. The Morgan fingerprint density at radius 1 is 1.16 bits per heavy atom. The molecule has 1 amide bonds. The van der Waals surface area contributed by atoms with Crippen molar-refractivity contribution in [2.45, 2.75) is 57.6 Å². The summed E-state index contributed by atoms with van der Waals surface area (Å²) in [4.78, 5) is 12.1. The third kappa shape index (κ3) is 3.49. The first-order chi connectivity index (χ1) is 8.91. The van der Waals surface area contributed by atoms with Gasteiger partial charge >= 0.3 is 6.09 Å². The predicted octanol–water partition coefficient (Wildman–Crippen LogP) is 3.98. The standard InChI is InChI=1S/C16H23NO2/c1-15(2,3)19-14(18)17-16(11-7-8-12-16)13-9-5-4-6-10-13/h4-6,9-10H,7-8,11-12H2,1-3H3,(H,17,18). The summed E-state index contributed by atoms with van der Waals surface area (Å²) < 4.78 is 5.40. The summed E-state index contributed by atoms with van der Waals surface area (Å²) in [7, 11) is 0. The number of benzene rings is 1. The van der Waals surface area contributed by atoms with Gasteiger partial charge in [0.15, 0.2) is 0 Å². The number of carbonyl (C=O) groups excluding carboxylic acids is 1. The zero-order valence-corrected chi connectivity index (χ0v) is 12.0. The smallest absolute Gasteiger partial charge is 0.408 e.